The molecule has 0 spiro atoms. The Bertz CT molecular complexity index is 696. The standard InChI is InChI=1S/C18H20FN3O/c1-13-11-20-12-21-18(13)15-5-7-22(8-6-15)17(23)10-14-3-2-4-16(19)9-14/h2-4,9,11-12,15H,5-8,10H2,1H3. The highest BCUT2D eigenvalue weighted by atomic mass is 19.1. The van der Waals surface area contributed by atoms with Crippen LogP contribution in [0.15, 0.2) is 36.8 Å². The molecule has 1 saturated heterocycles. The van der Waals surface area contributed by atoms with E-state index in [0.29, 0.717) is 5.92 Å². The fourth-order valence-corrected chi connectivity index (χ4v) is 3.17. The number of likely N-dealkylation sites (tertiary alicyclic amines) is 1. The first-order valence-electron chi connectivity index (χ1n) is 7.92. The number of rotatable bonds is 3. The summed E-state index contributed by atoms with van der Waals surface area (Å²) in [4.78, 5) is 22.7. The number of amides is 1. The molecule has 0 saturated carbocycles. The lowest BCUT2D eigenvalue weighted by Gasteiger charge is -2.32. The zero-order valence-corrected chi connectivity index (χ0v) is 13.2. The van der Waals surface area contributed by atoms with Crippen molar-refractivity contribution in [2.75, 3.05) is 13.1 Å². The quantitative estimate of drug-likeness (QED) is 0.875. The van der Waals surface area contributed by atoms with Gasteiger partial charge in [-0.3, -0.25) is 4.79 Å². The molecule has 2 heterocycles. The Labute approximate surface area is 135 Å². The zero-order valence-electron chi connectivity index (χ0n) is 13.2. The monoisotopic (exact) mass is 313 g/mol. The van der Waals surface area contributed by atoms with Gasteiger partial charge in [0.05, 0.1) is 6.42 Å². The van der Waals surface area contributed by atoms with E-state index in [2.05, 4.69) is 9.97 Å². The van der Waals surface area contributed by atoms with Gasteiger partial charge in [0, 0.05) is 30.9 Å². The smallest absolute Gasteiger partial charge is 0.226 e. The molecule has 1 aliphatic rings. The van der Waals surface area contributed by atoms with E-state index in [4.69, 9.17) is 0 Å². The predicted molar refractivity (Wildman–Crippen MR) is 85.4 cm³/mol. The molecule has 0 atom stereocenters. The molecule has 5 heteroatoms. The Morgan fingerprint density at radius 3 is 2.83 bits per heavy atom. The summed E-state index contributed by atoms with van der Waals surface area (Å²) in [7, 11) is 0. The van der Waals surface area contributed by atoms with E-state index in [0.717, 1.165) is 42.8 Å². The van der Waals surface area contributed by atoms with Gasteiger partial charge in [0.2, 0.25) is 5.91 Å². The van der Waals surface area contributed by atoms with Crippen molar-refractivity contribution in [3.63, 3.8) is 0 Å². The highest BCUT2D eigenvalue weighted by molar-refractivity contribution is 5.78. The molecule has 1 aliphatic heterocycles. The van der Waals surface area contributed by atoms with E-state index in [1.807, 2.05) is 18.0 Å². The Kier molecular flexibility index (Phi) is 4.65. The van der Waals surface area contributed by atoms with Gasteiger partial charge in [-0.05, 0) is 43.0 Å². The summed E-state index contributed by atoms with van der Waals surface area (Å²) in [6, 6.07) is 6.25. The molecule has 0 N–H and O–H groups in total. The maximum absolute atomic E-state index is 13.2. The highest BCUT2D eigenvalue weighted by Crippen LogP contribution is 2.28. The van der Waals surface area contributed by atoms with Crippen LogP contribution in [0.5, 0.6) is 0 Å². The van der Waals surface area contributed by atoms with Crippen LogP contribution in [0.2, 0.25) is 0 Å². The molecule has 4 nitrogen and oxygen atoms in total. The third kappa shape index (κ3) is 3.73. The van der Waals surface area contributed by atoms with E-state index in [9.17, 15) is 9.18 Å². The van der Waals surface area contributed by atoms with E-state index >= 15 is 0 Å². The predicted octanol–water partition coefficient (Wildman–Crippen LogP) is 2.87. The van der Waals surface area contributed by atoms with Crippen LogP contribution in [-0.4, -0.2) is 33.9 Å². The minimum absolute atomic E-state index is 0.0634. The number of hydrogen-bond donors (Lipinski definition) is 0. The van der Waals surface area contributed by atoms with Gasteiger partial charge in [-0.1, -0.05) is 12.1 Å². The number of carbonyl (C=O) groups is 1. The molecular weight excluding hydrogens is 293 g/mol. The average Bonchev–Trinajstić information content (AvgIpc) is 2.55. The highest BCUT2D eigenvalue weighted by Gasteiger charge is 2.25. The summed E-state index contributed by atoms with van der Waals surface area (Å²) in [6.07, 6.45) is 5.50. The molecule has 2 aromatic rings. The lowest BCUT2D eigenvalue weighted by atomic mass is 9.91. The first kappa shape index (κ1) is 15.6. The van der Waals surface area contributed by atoms with Gasteiger partial charge in [-0.2, -0.15) is 0 Å². The molecule has 1 amide bonds. The van der Waals surface area contributed by atoms with Gasteiger partial charge in [-0.25, -0.2) is 14.4 Å². The normalized spacial score (nSPS) is 15.7. The zero-order chi connectivity index (χ0) is 16.2. The van der Waals surface area contributed by atoms with Crippen molar-refractivity contribution in [2.24, 2.45) is 0 Å². The van der Waals surface area contributed by atoms with E-state index < -0.39 is 0 Å². The third-order valence-corrected chi connectivity index (χ3v) is 4.41. The lowest BCUT2D eigenvalue weighted by molar-refractivity contribution is -0.131. The summed E-state index contributed by atoms with van der Waals surface area (Å²) in [5, 5.41) is 0. The van der Waals surface area contributed by atoms with Crippen molar-refractivity contribution in [3.05, 3.63) is 59.4 Å². The summed E-state index contributed by atoms with van der Waals surface area (Å²) in [5.41, 5.74) is 2.93. The van der Waals surface area contributed by atoms with E-state index in [1.54, 1.807) is 18.5 Å². The van der Waals surface area contributed by atoms with Crippen LogP contribution in [0.1, 0.15) is 35.6 Å². The van der Waals surface area contributed by atoms with E-state index in [-0.39, 0.29) is 18.1 Å². The maximum atomic E-state index is 13.2. The maximum Gasteiger partial charge on any atom is 0.226 e. The van der Waals surface area contributed by atoms with Crippen LogP contribution in [0.4, 0.5) is 4.39 Å². The molecule has 1 fully saturated rings. The van der Waals surface area contributed by atoms with Crippen LogP contribution >= 0.6 is 0 Å². The molecule has 23 heavy (non-hydrogen) atoms. The summed E-state index contributed by atoms with van der Waals surface area (Å²) < 4.78 is 13.2. The SMILES string of the molecule is Cc1cncnc1C1CCN(C(=O)Cc2cccc(F)c2)CC1. The number of halogens is 1. The number of aromatic nitrogens is 2. The van der Waals surface area contributed by atoms with Gasteiger partial charge >= 0.3 is 0 Å². The minimum Gasteiger partial charge on any atom is -0.342 e. The lowest BCUT2D eigenvalue weighted by Crippen LogP contribution is -2.39. The van der Waals surface area contributed by atoms with Crippen LogP contribution in [-0.2, 0) is 11.2 Å². The van der Waals surface area contributed by atoms with Gasteiger partial charge in [0.1, 0.15) is 12.1 Å². The second-order valence-electron chi connectivity index (χ2n) is 6.05. The van der Waals surface area contributed by atoms with Gasteiger partial charge < -0.3 is 4.90 Å². The summed E-state index contributed by atoms with van der Waals surface area (Å²) in [6.45, 7) is 3.47. The van der Waals surface area contributed by atoms with Crippen molar-refractivity contribution in [2.45, 2.75) is 32.1 Å². The second-order valence-corrected chi connectivity index (χ2v) is 6.05. The molecule has 120 valence electrons. The van der Waals surface area contributed by atoms with Crippen molar-refractivity contribution in [1.82, 2.24) is 14.9 Å². The van der Waals surface area contributed by atoms with Crippen molar-refractivity contribution >= 4 is 5.91 Å². The first-order valence-corrected chi connectivity index (χ1v) is 7.92. The molecule has 3 rings (SSSR count). The molecule has 0 unspecified atom stereocenters. The fourth-order valence-electron chi connectivity index (χ4n) is 3.17. The van der Waals surface area contributed by atoms with Gasteiger partial charge in [0.25, 0.3) is 0 Å². The molecule has 0 bridgehead atoms. The van der Waals surface area contributed by atoms with Crippen LogP contribution in [0, 0.1) is 12.7 Å². The van der Waals surface area contributed by atoms with Gasteiger partial charge in [0.15, 0.2) is 0 Å². The summed E-state index contributed by atoms with van der Waals surface area (Å²) in [5.74, 6) is 0.151. The van der Waals surface area contributed by atoms with Crippen LogP contribution in [0.25, 0.3) is 0 Å². The largest absolute Gasteiger partial charge is 0.342 e. The van der Waals surface area contributed by atoms with Crippen molar-refractivity contribution < 1.29 is 9.18 Å². The molecule has 1 aromatic carbocycles. The summed E-state index contributed by atoms with van der Waals surface area (Å²) >= 11 is 0. The Balaban J connectivity index is 1.58. The Hall–Kier alpha value is -2.30. The minimum atomic E-state index is -0.298. The number of carbonyl (C=O) groups excluding carboxylic acids is 1. The number of hydrogen-bond acceptors (Lipinski definition) is 3. The van der Waals surface area contributed by atoms with Crippen molar-refractivity contribution in [3.8, 4) is 0 Å². The Morgan fingerprint density at radius 2 is 2.13 bits per heavy atom. The molecular formula is C18H20FN3O. The molecule has 1 aromatic heterocycles. The average molecular weight is 313 g/mol. The first-order chi connectivity index (χ1) is 11.1. The van der Waals surface area contributed by atoms with Crippen LogP contribution < -0.4 is 0 Å². The number of aryl methyl sites for hydroxylation is 1. The fraction of sp³-hybridized carbons (Fsp3) is 0.389. The number of piperidine rings is 1. The van der Waals surface area contributed by atoms with Crippen molar-refractivity contribution in [1.29, 1.82) is 0 Å². The number of nitrogens with zero attached hydrogens (tertiary/aromatic N) is 3. The topological polar surface area (TPSA) is 46.1 Å². The molecule has 0 aliphatic carbocycles. The van der Waals surface area contributed by atoms with E-state index in [1.165, 1.54) is 12.1 Å². The third-order valence-electron chi connectivity index (χ3n) is 4.41. The molecule has 0 radical (unpaired) electrons. The van der Waals surface area contributed by atoms with Crippen LogP contribution in [0.3, 0.4) is 0 Å². The van der Waals surface area contributed by atoms with Gasteiger partial charge in [-0.15, -0.1) is 0 Å². The Morgan fingerprint density at radius 1 is 1.35 bits per heavy atom. The number of benzene rings is 1. The second kappa shape index (κ2) is 6.86.